The lowest BCUT2D eigenvalue weighted by molar-refractivity contribution is -0.150. The van der Waals surface area contributed by atoms with Crippen LogP contribution >= 0.6 is 0 Å². The maximum atomic E-state index is 12.1. The minimum atomic E-state index is -1.09. The molecule has 0 amide bonds. The van der Waals surface area contributed by atoms with Crippen molar-refractivity contribution in [3.8, 4) is 0 Å². The zero-order valence-electron chi connectivity index (χ0n) is 12.3. The van der Waals surface area contributed by atoms with Crippen LogP contribution in [0.1, 0.15) is 49.7 Å². The van der Waals surface area contributed by atoms with Crippen LogP contribution in [0.5, 0.6) is 0 Å². The Balaban J connectivity index is 1.92. The molecule has 1 aromatic rings. The number of carboxylic acid groups (broad SMARTS) is 1. The second kappa shape index (κ2) is 6.16. The Morgan fingerprint density at radius 3 is 2.62 bits per heavy atom. The molecule has 0 radical (unpaired) electrons. The van der Waals surface area contributed by atoms with E-state index in [0.717, 1.165) is 24.0 Å². The van der Waals surface area contributed by atoms with Gasteiger partial charge in [0.1, 0.15) is 0 Å². The first-order valence-corrected chi connectivity index (χ1v) is 7.89. The molecular formula is C17H23NO3. The molecule has 2 aliphatic rings. The number of rotatable bonds is 3. The van der Waals surface area contributed by atoms with Crippen LogP contribution in [-0.2, 0) is 21.7 Å². The van der Waals surface area contributed by atoms with Crippen molar-refractivity contribution in [2.75, 3.05) is 6.61 Å². The summed E-state index contributed by atoms with van der Waals surface area (Å²) in [5.74, 6) is -0.834. The number of benzene rings is 1. The highest BCUT2D eigenvalue weighted by Crippen LogP contribution is 2.33. The van der Waals surface area contributed by atoms with Crippen LogP contribution in [0.2, 0.25) is 0 Å². The number of hydrogen-bond acceptors (Lipinski definition) is 3. The molecule has 1 aromatic carbocycles. The van der Waals surface area contributed by atoms with Crippen molar-refractivity contribution in [2.24, 2.45) is 0 Å². The summed E-state index contributed by atoms with van der Waals surface area (Å²) in [4.78, 5) is 12.1. The molecule has 4 heteroatoms. The molecule has 1 atom stereocenters. The molecule has 1 aliphatic heterocycles. The van der Waals surface area contributed by atoms with Crippen molar-refractivity contribution in [1.29, 1.82) is 0 Å². The van der Waals surface area contributed by atoms with Gasteiger partial charge in [-0.15, -0.1) is 0 Å². The lowest BCUT2D eigenvalue weighted by atomic mass is 9.84. The Kier molecular flexibility index (Phi) is 4.27. The second-order valence-corrected chi connectivity index (χ2v) is 6.19. The van der Waals surface area contributed by atoms with Crippen molar-refractivity contribution >= 4 is 5.97 Å². The summed E-state index contributed by atoms with van der Waals surface area (Å²) in [7, 11) is 0. The van der Waals surface area contributed by atoms with Crippen LogP contribution in [0.4, 0.5) is 0 Å². The first-order valence-electron chi connectivity index (χ1n) is 7.89. The number of nitrogens with one attached hydrogen (secondary N) is 1. The first-order chi connectivity index (χ1) is 10.2. The Hall–Kier alpha value is -1.39. The third-order valence-electron chi connectivity index (χ3n) is 4.72. The number of carboxylic acids is 1. The van der Waals surface area contributed by atoms with Crippen molar-refractivity contribution in [1.82, 2.24) is 5.32 Å². The summed E-state index contributed by atoms with van der Waals surface area (Å²) in [5, 5.41) is 13.3. The molecule has 1 saturated carbocycles. The van der Waals surface area contributed by atoms with Crippen LogP contribution in [0.25, 0.3) is 0 Å². The van der Waals surface area contributed by atoms with Gasteiger partial charge in [-0.05, 0) is 24.0 Å². The minimum absolute atomic E-state index is 0.204. The van der Waals surface area contributed by atoms with Crippen molar-refractivity contribution < 1.29 is 14.6 Å². The smallest absolute Gasteiger partial charge is 0.331 e. The predicted molar refractivity (Wildman–Crippen MR) is 80.0 cm³/mol. The second-order valence-electron chi connectivity index (χ2n) is 6.19. The van der Waals surface area contributed by atoms with E-state index in [2.05, 4.69) is 5.32 Å². The van der Waals surface area contributed by atoms with Gasteiger partial charge in [0, 0.05) is 6.04 Å². The van der Waals surface area contributed by atoms with Gasteiger partial charge in [0.2, 0.25) is 0 Å². The van der Waals surface area contributed by atoms with Crippen LogP contribution in [-0.4, -0.2) is 23.7 Å². The summed E-state index contributed by atoms with van der Waals surface area (Å²) in [6, 6.07) is 8.00. The van der Waals surface area contributed by atoms with E-state index in [4.69, 9.17) is 4.74 Å². The van der Waals surface area contributed by atoms with E-state index in [1.165, 1.54) is 25.7 Å². The minimum Gasteiger partial charge on any atom is -0.480 e. The molecule has 0 spiro atoms. The van der Waals surface area contributed by atoms with E-state index in [0.29, 0.717) is 6.61 Å². The van der Waals surface area contributed by atoms with Crippen LogP contribution in [0.15, 0.2) is 24.3 Å². The molecule has 1 unspecified atom stereocenters. The molecule has 1 aliphatic carbocycles. The van der Waals surface area contributed by atoms with E-state index >= 15 is 0 Å². The van der Waals surface area contributed by atoms with E-state index in [1.807, 2.05) is 24.3 Å². The van der Waals surface area contributed by atoms with Gasteiger partial charge >= 0.3 is 5.97 Å². The Bertz CT molecular complexity index is 509. The summed E-state index contributed by atoms with van der Waals surface area (Å²) in [6.07, 6.45) is 6.97. The maximum absolute atomic E-state index is 12.1. The number of aliphatic carboxylic acids is 1. The van der Waals surface area contributed by atoms with Gasteiger partial charge in [-0.25, -0.2) is 4.79 Å². The highest BCUT2D eigenvalue weighted by Gasteiger charge is 2.45. The molecule has 21 heavy (non-hydrogen) atoms. The predicted octanol–water partition coefficient (Wildman–Crippen LogP) is 2.81. The fraction of sp³-hybridized carbons (Fsp3) is 0.588. The lowest BCUT2D eigenvalue weighted by Gasteiger charge is -2.38. The van der Waals surface area contributed by atoms with Gasteiger partial charge in [0.15, 0.2) is 5.54 Å². The maximum Gasteiger partial charge on any atom is 0.331 e. The van der Waals surface area contributed by atoms with Crippen LogP contribution < -0.4 is 5.32 Å². The van der Waals surface area contributed by atoms with E-state index < -0.39 is 11.5 Å². The molecule has 2 N–H and O–H groups in total. The highest BCUT2D eigenvalue weighted by atomic mass is 16.5. The average molecular weight is 289 g/mol. The Labute approximate surface area is 125 Å². The van der Waals surface area contributed by atoms with Crippen molar-refractivity contribution in [3.63, 3.8) is 0 Å². The highest BCUT2D eigenvalue weighted by molar-refractivity contribution is 5.82. The quantitative estimate of drug-likeness (QED) is 0.840. The SMILES string of the molecule is O=C(O)C1(NC2CCCCCC2)COCc2ccccc21. The fourth-order valence-electron chi connectivity index (χ4n) is 3.58. The molecule has 114 valence electrons. The van der Waals surface area contributed by atoms with Crippen LogP contribution in [0.3, 0.4) is 0 Å². The monoisotopic (exact) mass is 289 g/mol. The number of fused-ring (bicyclic) bond motifs is 1. The normalized spacial score (nSPS) is 26.9. The summed E-state index contributed by atoms with van der Waals surface area (Å²) in [5.41, 5.74) is 0.754. The first kappa shape index (κ1) is 14.5. The van der Waals surface area contributed by atoms with E-state index in [9.17, 15) is 9.90 Å². The topological polar surface area (TPSA) is 58.6 Å². The third kappa shape index (κ3) is 2.83. The standard InChI is InChI=1S/C17H23NO3/c19-16(20)17(18-14-8-3-1-2-4-9-14)12-21-11-13-7-5-6-10-15(13)17/h5-7,10,14,18H,1-4,8-9,11-12H2,(H,19,20). The third-order valence-corrected chi connectivity index (χ3v) is 4.72. The zero-order chi connectivity index (χ0) is 14.7. The molecule has 3 rings (SSSR count). The van der Waals surface area contributed by atoms with Gasteiger partial charge in [0.25, 0.3) is 0 Å². The Morgan fingerprint density at radius 2 is 1.90 bits per heavy atom. The molecule has 0 aromatic heterocycles. The number of carbonyl (C=O) groups is 1. The molecule has 1 heterocycles. The van der Waals surface area contributed by atoms with Crippen molar-refractivity contribution in [2.45, 2.75) is 56.7 Å². The molecule has 4 nitrogen and oxygen atoms in total. The van der Waals surface area contributed by atoms with E-state index in [1.54, 1.807) is 0 Å². The van der Waals surface area contributed by atoms with Crippen molar-refractivity contribution in [3.05, 3.63) is 35.4 Å². The Morgan fingerprint density at radius 1 is 1.19 bits per heavy atom. The number of hydrogen-bond donors (Lipinski definition) is 2. The largest absolute Gasteiger partial charge is 0.480 e. The summed E-state index contributed by atoms with van der Waals surface area (Å²) in [6.45, 7) is 0.702. The van der Waals surface area contributed by atoms with Crippen LogP contribution in [0, 0.1) is 0 Å². The van der Waals surface area contributed by atoms with Gasteiger partial charge in [-0.2, -0.15) is 0 Å². The lowest BCUT2D eigenvalue weighted by Crippen LogP contribution is -2.58. The molecule has 0 bridgehead atoms. The van der Waals surface area contributed by atoms with E-state index in [-0.39, 0.29) is 12.6 Å². The van der Waals surface area contributed by atoms with Gasteiger partial charge in [-0.3, -0.25) is 5.32 Å². The van der Waals surface area contributed by atoms with Gasteiger partial charge in [0.05, 0.1) is 13.2 Å². The average Bonchev–Trinajstić information content (AvgIpc) is 2.76. The summed E-state index contributed by atoms with van der Waals surface area (Å²) < 4.78 is 5.60. The molecule has 1 fully saturated rings. The number of ether oxygens (including phenoxy) is 1. The molecular weight excluding hydrogens is 266 g/mol. The fourth-order valence-corrected chi connectivity index (χ4v) is 3.58. The zero-order valence-corrected chi connectivity index (χ0v) is 12.3. The molecule has 0 saturated heterocycles. The van der Waals surface area contributed by atoms with Gasteiger partial charge < -0.3 is 9.84 Å². The summed E-state index contributed by atoms with van der Waals surface area (Å²) >= 11 is 0. The van der Waals surface area contributed by atoms with Gasteiger partial charge in [-0.1, -0.05) is 49.9 Å².